The van der Waals surface area contributed by atoms with Crippen molar-refractivity contribution in [3.05, 3.63) is 65.2 Å². The van der Waals surface area contributed by atoms with Crippen molar-refractivity contribution >= 4 is 23.5 Å². The van der Waals surface area contributed by atoms with Crippen LogP contribution < -0.4 is 10.6 Å². The van der Waals surface area contributed by atoms with Crippen molar-refractivity contribution in [2.24, 2.45) is 0 Å². The predicted molar refractivity (Wildman–Crippen MR) is 122 cm³/mol. The Morgan fingerprint density at radius 1 is 0.968 bits per heavy atom. The minimum Gasteiger partial charge on any atom is -0.326 e. The molecule has 1 aliphatic heterocycles. The van der Waals surface area contributed by atoms with Crippen molar-refractivity contribution in [3.63, 3.8) is 0 Å². The SMILES string of the molecule is CC(C)c1cccc(C(C)C)c1NC(=O)CN1C(=O)NC(CCc2ccccc2)C1=O. The molecule has 1 atom stereocenters. The second-order valence-corrected chi connectivity index (χ2v) is 8.62. The second kappa shape index (κ2) is 9.77. The highest BCUT2D eigenvalue weighted by molar-refractivity contribution is 6.08. The molecule has 6 heteroatoms. The molecule has 0 spiro atoms. The zero-order valence-corrected chi connectivity index (χ0v) is 18.6. The van der Waals surface area contributed by atoms with Crippen molar-refractivity contribution < 1.29 is 14.4 Å². The van der Waals surface area contributed by atoms with Crippen LogP contribution in [0.1, 0.15) is 62.6 Å². The minimum atomic E-state index is -0.602. The number of benzene rings is 2. The fourth-order valence-corrected chi connectivity index (χ4v) is 3.90. The number of anilines is 1. The van der Waals surface area contributed by atoms with Gasteiger partial charge in [-0.25, -0.2) is 4.79 Å². The lowest BCUT2D eigenvalue weighted by Gasteiger charge is -2.21. The summed E-state index contributed by atoms with van der Waals surface area (Å²) >= 11 is 0. The van der Waals surface area contributed by atoms with E-state index in [1.807, 2.05) is 48.5 Å². The van der Waals surface area contributed by atoms with Crippen molar-refractivity contribution in [1.29, 1.82) is 0 Å². The molecule has 0 saturated carbocycles. The summed E-state index contributed by atoms with van der Waals surface area (Å²) in [6.45, 7) is 8.00. The van der Waals surface area contributed by atoms with Gasteiger partial charge < -0.3 is 10.6 Å². The van der Waals surface area contributed by atoms with Crippen LogP contribution in [0.4, 0.5) is 10.5 Å². The van der Waals surface area contributed by atoms with Crippen molar-refractivity contribution in [3.8, 4) is 0 Å². The number of aryl methyl sites for hydroxylation is 1. The monoisotopic (exact) mass is 421 g/mol. The van der Waals surface area contributed by atoms with Crippen LogP contribution in [0.15, 0.2) is 48.5 Å². The Kier molecular flexibility index (Phi) is 7.10. The van der Waals surface area contributed by atoms with Crippen LogP contribution in [-0.4, -0.2) is 35.3 Å². The summed E-state index contributed by atoms with van der Waals surface area (Å²) in [4.78, 5) is 38.9. The highest BCUT2D eigenvalue weighted by Gasteiger charge is 2.38. The molecule has 164 valence electrons. The van der Waals surface area contributed by atoms with E-state index in [9.17, 15) is 14.4 Å². The van der Waals surface area contributed by atoms with Gasteiger partial charge in [0.25, 0.3) is 5.91 Å². The molecule has 2 aromatic carbocycles. The maximum Gasteiger partial charge on any atom is 0.325 e. The first-order valence-electron chi connectivity index (χ1n) is 10.9. The van der Waals surface area contributed by atoms with Gasteiger partial charge in [-0.15, -0.1) is 0 Å². The van der Waals surface area contributed by atoms with Crippen LogP contribution in [0.3, 0.4) is 0 Å². The number of urea groups is 1. The lowest BCUT2D eigenvalue weighted by Crippen LogP contribution is -2.38. The van der Waals surface area contributed by atoms with Gasteiger partial charge in [0, 0.05) is 5.69 Å². The molecule has 6 nitrogen and oxygen atoms in total. The fourth-order valence-electron chi connectivity index (χ4n) is 3.90. The molecule has 2 N–H and O–H groups in total. The quantitative estimate of drug-likeness (QED) is 0.619. The van der Waals surface area contributed by atoms with Crippen LogP contribution in [0.2, 0.25) is 0 Å². The number of carbonyl (C=O) groups excluding carboxylic acids is 3. The molecule has 1 fully saturated rings. The van der Waals surface area contributed by atoms with E-state index in [1.165, 1.54) is 0 Å². The van der Waals surface area contributed by atoms with Crippen LogP contribution in [-0.2, 0) is 16.0 Å². The smallest absolute Gasteiger partial charge is 0.325 e. The van der Waals surface area contributed by atoms with Gasteiger partial charge in [-0.05, 0) is 41.4 Å². The van der Waals surface area contributed by atoms with Crippen LogP contribution in [0.5, 0.6) is 0 Å². The molecule has 0 radical (unpaired) electrons. The first kappa shape index (κ1) is 22.5. The molecule has 3 rings (SSSR count). The number of imide groups is 1. The van der Waals surface area contributed by atoms with Crippen molar-refractivity contribution in [2.75, 3.05) is 11.9 Å². The number of para-hydroxylation sites is 1. The van der Waals surface area contributed by atoms with Gasteiger partial charge >= 0.3 is 6.03 Å². The molecular formula is C25H31N3O3. The number of nitrogens with one attached hydrogen (secondary N) is 2. The van der Waals surface area contributed by atoms with E-state index in [2.05, 4.69) is 38.3 Å². The van der Waals surface area contributed by atoms with E-state index in [1.54, 1.807) is 0 Å². The maximum absolute atomic E-state index is 12.8. The minimum absolute atomic E-state index is 0.230. The topological polar surface area (TPSA) is 78.5 Å². The molecule has 4 amide bonds. The van der Waals surface area contributed by atoms with Gasteiger partial charge in [0.1, 0.15) is 12.6 Å². The van der Waals surface area contributed by atoms with E-state index in [4.69, 9.17) is 0 Å². The zero-order valence-electron chi connectivity index (χ0n) is 18.6. The Labute approximate surface area is 184 Å². The molecular weight excluding hydrogens is 390 g/mol. The van der Waals surface area contributed by atoms with E-state index in [0.717, 1.165) is 27.3 Å². The largest absolute Gasteiger partial charge is 0.326 e. The van der Waals surface area contributed by atoms with Crippen LogP contribution in [0.25, 0.3) is 0 Å². The molecule has 2 aromatic rings. The Bertz CT molecular complexity index is 927. The van der Waals surface area contributed by atoms with E-state index >= 15 is 0 Å². The molecule has 1 unspecified atom stereocenters. The highest BCUT2D eigenvalue weighted by Crippen LogP contribution is 2.32. The summed E-state index contributed by atoms with van der Waals surface area (Å²) < 4.78 is 0. The van der Waals surface area contributed by atoms with Crippen molar-refractivity contribution in [1.82, 2.24) is 10.2 Å². The molecule has 1 aliphatic rings. The molecule has 0 aliphatic carbocycles. The standard InChI is InChI=1S/C25H31N3O3/c1-16(2)19-11-8-12-20(17(3)4)23(19)27-22(29)15-28-24(30)21(26-25(28)31)14-13-18-9-6-5-7-10-18/h5-12,16-17,21H,13-15H2,1-4H3,(H,26,31)(H,27,29). The summed E-state index contributed by atoms with van der Waals surface area (Å²) in [6, 6.07) is 14.7. The van der Waals surface area contributed by atoms with Crippen LogP contribution in [0, 0.1) is 0 Å². The molecule has 1 heterocycles. The van der Waals surface area contributed by atoms with Crippen LogP contribution >= 0.6 is 0 Å². The number of amides is 4. The number of carbonyl (C=O) groups is 3. The Balaban J connectivity index is 1.67. The maximum atomic E-state index is 12.8. The summed E-state index contributed by atoms with van der Waals surface area (Å²) in [5.41, 5.74) is 3.97. The first-order valence-corrected chi connectivity index (χ1v) is 10.9. The van der Waals surface area contributed by atoms with E-state index in [0.29, 0.717) is 12.8 Å². The zero-order chi connectivity index (χ0) is 22.5. The van der Waals surface area contributed by atoms with Gasteiger partial charge in [0.2, 0.25) is 5.91 Å². The third-order valence-corrected chi connectivity index (χ3v) is 5.61. The number of hydrogen-bond acceptors (Lipinski definition) is 3. The third-order valence-electron chi connectivity index (χ3n) is 5.61. The fraction of sp³-hybridized carbons (Fsp3) is 0.400. The first-order chi connectivity index (χ1) is 14.8. The average molecular weight is 422 g/mol. The normalized spacial score (nSPS) is 16.2. The third kappa shape index (κ3) is 5.32. The van der Waals surface area contributed by atoms with Gasteiger partial charge in [0.15, 0.2) is 0 Å². The van der Waals surface area contributed by atoms with Gasteiger partial charge in [-0.3, -0.25) is 14.5 Å². The Hall–Kier alpha value is -3.15. The summed E-state index contributed by atoms with van der Waals surface area (Å²) in [5.74, 6) is -0.263. The summed E-state index contributed by atoms with van der Waals surface area (Å²) in [5, 5.41) is 5.68. The van der Waals surface area contributed by atoms with Crippen molar-refractivity contribution in [2.45, 2.75) is 58.4 Å². The molecule has 0 bridgehead atoms. The van der Waals surface area contributed by atoms with Gasteiger partial charge in [0.05, 0.1) is 0 Å². The van der Waals surface area contributed by atoms with Gasteiger partial charge in [-0.2, -0.15) is 0 Å². The Morgan fingerprint density at radius 2 is 1.58 bits per heavy atom. The van der Waals surface area contributed by atoms with Gasteiger partial charge in [-0.1, -0.05) is 76.2 Å². The lowest BCUT2D eigenvalue weighted by atomic mass is 9.92. The number of rotatable bonds is 8. The highest BCUT2D eigenvalue weighted by atomic mass is 16.2. The second-order valence-electron chi connectivity index (χ2n) is 8.62. The Morgan fingerprint density at radius 3 is 2.16 bits per heavy atom. The average Bonchev–Trinajstić information content (AvgIpc) is 3.00. The number of nitrogens with zero attached hydrogens (tertiary/aromatic N) is 1. The molecule has 31 heavy (non-hydrogen) atoms. The van der Waals surface area contributed by atoms with E-state index in [-0.39, 0.29) is 30.2 Å². The molecule has 0 aromatic heterocycles. The molecule has 1 saturated heterocycles. The lowest BCUT2D eigenvalue weighted by molar-refractivity contribution is -0.130. The summed E-state index contributed by atoms with van der Waals surface area (Å²) in [6.07, 6.45) is 1.18. The predicted octanol–water partition coefficient (Wildman–Crippen LogP) is 4.43. The number of hydrogen-bond donors (Lipinski definition) is 2. The summed E-state index contributed by atoms with van der Waals surface area (Å²) in [7, 11) is 0. The van der Waals surface area contributed by atoms with E-state index < -0.39 is 12.1 Å².